The maximum atomic E-state index is 9.10. The van der Waals surface area contributed by atoms with Gasteiger partial charge in [0.25, 0.3) is 0 Å². The van der Waals surface area contributed by atoms with Crippen molar-refractivity contribution < 1.29 is 10.2 Å². The molecular formula is C27H30O2. The van der Waals surface area contributed by atoms with Gasteiger partial charge in [0.2, 0.25) is 0 Å². The Kier molecular flexibility index (Phi) is 5.79. The van der Waals surface area contributed by atoms with Gasteiger partial charge in [-0.25, -0.2) is 0 Å². The molecule has 0 unspecified atom stereocenters. The Morgan fingerprint density at radius 3 is 1.66 bits per heavy atom. The van der Waals surface area contributed by atoms with E-state index in [0.29, 0.717) is 0 Å². The Morgan fingerprint density at radius 2 is 1.10 bits per heavy atom. The van der Waals surface area contributed by atoms with E-state index < -0.39 is 11.2 Å². The van der Waals surface area contributed by atoms with Gasteiger partial charge in [-0.05, 0) is 79.4 Å². The molecular weight excluding hydrogens is 356 g/mol. The fourth-order valence-electron chi connectivity index (χ4n) is 2.95. The molecule has 4 aromatic carbocycles. The molecule has 150 valence electrons. The molecule has 2 nitrogen and oxygen atoms in total. The molecule has 0 aromatic heterocycles. The molecule has 0 fully saturated rings. The minimum absolute atomic E-state index is 1.01. The lowest BCUT2D eigenvalue weighted by molar-refractivity contribution is -0.107. The van der Waals surface area contributed by atoms with Gasteiger partial charge in [-0.3, -0.25) is 0 Å². The van der Waals surface area contributed by atoms with Crippen molar-refractivity contribution in [2.75, 3.05) is 0 Å². The third-order valence-electron chi connectivity index (χ3n) is 5.61. The van der Waals surface area contributed by atoms with Crippen LogP contribution in [0.3, 0.4) is 0 Å². The molecule has 0 saturated heterocycles. The van der Waals surface area contributed by atoms with Crippen molar-refractivity contribution in [1.29, 1.82) is 0 Å². The third kappa shape index (κ3) is 4.84. The van der Waals surface area contributed by atoms with E-state index in [1.165, 1.54) is 38.2 Å². The van der Waals surface area contributed by atoms with Crippen LogP contribution in [0.25, 0.3) is 32.7 Å². The van der Waals surface area contributed by atoms with Gasteiger partial charge in [-0.15, -0.1) is 0 Å². The van der Waals surface area contributed by atoms with E-state index in [1.807, 2.05) is 0 Å². The van der Waals surface area contributed by atoms with Crippen molar-refractivity contribution in [3.8, 4) is 11.1 Å². The molecule has 0 heterocycles. The first kappa shape index (κ1) is 21.0. The van der Waals surface area contributed by atoms with Crippen molar-refractivity contribution in [3.05, 3.63) is 84.4 Å². The van der Waals surface area contributed by atoms with Crippen LogP contribution >= 0.6 is 0 Å². The average Bonchev–Trinajstić information content (AvgIpc) is 2.65. The van der Waals surface area contributed by atoms with Gasteiger partial charge in [-0.2, -0.15) is 0 Å². The lowest BCUT2D eigenvalue weighted by atomic mass is 9.90. The molecule has 0 radical (unpaired) electrons. The zero-order chi connectivity index (χ0) is 21.2. The van der Waals surface area contributed by atoms with E-state index in [-0.39, 0.29) is 0 Å². The lowest BCUT2D eigenvalue weighted by Crippen LogP contribution is -2.44. The van der Waals surface area contributed by atoms with Crippen LogP contribution in [0, 0.1) is 6.92 Å². The SMILES string of the molecule is CC(C)(O)C(C)(C)O.Cc1ccc(-c2cccc3cc4ccccc4cc23)cc1. The van der Waals surface area contributed by atoms with Crippen molar-refractivity contribution in [2.45, 2.75) is 45.8 Å². The lowest BCUT2D eigenvalue weighted by Gasteiger charge is -2.31. The highest BCUT2D eigenvalue weighted by Gasteiger charge is 2.31. The van der Waals surface area contributed by atoms with Crippen molar-refractivity contribution in [1.82, 2.24) is 0 Å². The molecule has 0 saturated carbocycles. The Morgan fingerprint density at radius 1 is 0.586 bits per heavy atom. The average molecular weight is 387 g/mol. The van der Waals surface area contributed by atoms with Gasteiger partial charge in [-0.1, -0.05) is 72.3 Å². The van der Waals surface area contributed by atoms with Gasteiger partial charge >= 0.3 is 0 Å². The highest BCUT2D eigenvalue weighted by atomic mass is 16.3. The summed E-state index contributed by atoms with van der Waals surface area (Å²) in [4.78, 5) is 0. The smallest absolute Gasteiger partial charge is 0.0872 e. The standard InChI is InChI=1S/C21H16.C6H14O2/c1-15-9-11-16(12-10-15)20-8-4-7-19-13-17-5-2-3-6-18(17)14-21(19)20;1-5(2,7)6(3,4)8/h2-14H,1H3;7-8H,1-4H3. The molecule has 29 heavy (non-hydrogen) atoms. The summed E-state index contributed by atoms with van der Waals surface area (Å²) < 4.78 is 0. The van der Waals surface area contributed by atoms with Crippen molar-refractivity contribution in [3.63, 3.8) is 0 Å². The predicted octanol–water partition coefficient (Wildman–Crippen LogP) is 6.50. The predicted molar refractivity (Wildman–Crippen MR) is 124 cm³/mol. The molecule has 2 heteroatoms. The molecule has 0 spiro atoms. The van der Waals surface area contributed by atoms with E-state index in [1.54, 1.807) is 27.7 Å². The highest BCUT2D eigenvalue weighted by molar-refractivity contribution is 6.04. The zero-order valence-electron chi connectivity index (χ0n) is 17.9. The van der Waals surface area contributed by atoms with E-state index in [9.17, 15) is 0 Å². The fraction of sp³-hybridized carbons (Fsp3) is 0.259. The van der Waals surface area contributed by atoms with E-state index >= 15 is 0 Å². The van der Waals surface area contributed by atoms with Crippen LogP contribution in [0.4, 0.5) is 0 Å². The first-order valence-corrected chi connectivity index (χ1v) is 9.99. The minimum atomic E-state index is -1.01. The summed E-state index contributed by atoms with van der Waals surface area (Å²) in [5, 5.41) is 23.4. The number of fused-ring (bicyclic) bond motifs is 2. The number of rotatable bonds is 2. The summed E-state index contributed by atoms with van der Waals surface area (Å²) in [5.41, 5.74) is 1.86. The van der Waals surface area contributed by atoms with Gasteiger partial charge in [0.1, 0.15) is 0 Å². The van der Waals surface area contributed by atoms with Crippen LogP contribution in [0.1, 0.15) is 33.3 Å². The van der Waals surface area contributed by atoms with E-state index in [2.05, 4.69) is 85.8 Å². The second kappa shape index (κ2) is 7.98. The molecule has 0 bridgehead atoms. The second-order valence-electron chi connectivity index (χ2n) is 8.71. The normalized spacial score (nSPS) is 12.0. The fourth-order valence-corrected chi connectivity index (χ4v) is 2.95. The Labute approximate surface area is 173 Å². The summed E-state index contributed by atoms with van der Waals surface area (Å²) >= 11 is 0. The number of hydrogen-bond acceptors (Lipinski definition) is 2. The minimum Gasteiger partial charge on any atom is -0.387 e. The second-order valence-corrected chi connectivity index (χ2v) is 8.71. The Bertz CT molecular complexity index is 1100. The van der Waals surface area contributed by atoms with Gasteiger partial charge in [0.05, 0.1) is 11.2 Å². The molecule has 0 aliphatic rings. The molecule has 0 aliphatic carbocycles. The number of aryl methyl sites for hydroxylation is 1. The molecule has 4 aromatic rings. The zero-order valence-corrected chi connectivity index (χ0v) is 17.9. The van der Waals surface area contributed by atoms with Crippen LogP contribution in [0.15, 0.2) is 78.9 Å². The van der Waals surface area contributed by atoms with Crippen LogP contribution in [-0.4, -0.2) is 21.4 Å². The monoisotopic (exact) mass is 386 g/mol. The molecule has 0 atom stereocenters. The number of benzene rings is 4. The third-order valence-corrected chi connectivity index (χ3v) is 5.61. The van der Waals surface area contributed by atoms with E-state index in [0.717, 1.165) is 0 Å². The van der Waals surface area contributed by atoms with Crippen molar-refractivity contribution in [2.24, 2.45) is 0 Å². The molecule has 2 N–H and O–H groups in total. The first-order chi connectivity index (χ1) is 13.6. The van der Waals surface area contributed by atoms with Gasteiger partial charge in [0.15, 0.2) is 0 Å². The Balaban J connectivity index is 0.000000258. The highest BCUT2D eigenvalue weighted by Crippen LogP contribution is 2.31. The molecule has 4 rings (SSSR count). The van der Waals surface area contributed by atoms with Crippen LogP contribution in [-0.2, 0) is 0 Å². The van der Waals surface area contributed by atoms with Crippen molar-refractivity contribution >= 4 is 21.5 Å². The summed E-state index contributed by atoms with van der Waals surface area (Å²) in [6.45, 7) is 8.43. The summed E-state index contributed by atoms with van der Waals surface area (Å²) in [5.74, 6) is 0. The largest absolute Gasteiger partial charge is 0.387 e. The van der Waals surface area contributed by atoms with Crippen LogP contribution < -0.4 is 0 Å². The van der Waals surface area contributed by atoms with Gasteiger partial charge in [0, 0.05) is 0 Å². The van der Waals surface area contributed by atoms with Gasteiger partial charge < -0.3 is 10.2 Å². The Hall–Kier alpha value is -2.68. The molecule has 0 aliphatic heterocycles. The van der Waals surface area contributed by atoms with Crippen LogP contribution in [0.5, 0.6) is 0 Å². The maximum absolute atomic E-state index is 9.10. The summed E-state index contributed by atoms with van der Waals surface area (Å²) in [6.07, 6.45) is 0. The topological polar surface area (TPSA) is 40.5 Å². The van der Waals surface area contributed by atoms with Crippen LogP contribution in [0.2, 0.25) is 0 Å². The first-order valence-electron chi connectivity index (χ1n) is 9.99. The van der Waals surface area contributed by atoms with E-state index in [4.69, 9.17) is 10.2 Å². The molecule has 0 amide bonds. The summed E-state index contributed by atoms with van der Waals surface area (Å²) in [6, 6.07) is 28.5. The number of aliphatic hydroxyl groups is 2. The summed E-state index contributed by atoms with van der Waals surface area (Å²) in [7, 11) is 0. The number of hydrogen-bond donors (Lipinski definition) is 2. The quantitative estimate of drug-likeness (QED) is 0.386. The maximum Gasteiger partial charge on any atom is 0.0872 e.